The van der Waals surface area contributed by atoms with Crippen LogP contribution in [-0.4, -0.2) is 28.6 Å². The summed E-state index contributed by atoms with van der Waals surface area (Å²) in [4.78, 5) is 2.57. The number of methoxy groups -OCH3 is 1. The van der Waals surface area contributed by atoms with Crippen LogP contribution in [0.3, 0.4) is 0 Å². The molecule has 0 bridgehead atoms. The summed E-state index contributed by atoms with van der Waals surface area (Å²) in [6, 6.07) is 14.1. The van der Waals surface area contributed by atoms with E-state index in [0.717, 1.165) is 29.4 Å². The van der Waals surface area contributed by atoms with E-state index in [1.807, 2.05) is 30.3 Å². The fourth-order valence-corrected chi connectivity index (χ4v) is 3.34. The highest BCUT2D eigenvalue weighted by atomic mass is 32.1. The molecule has 0 saturated carbocycles. The van der Waals surface area contributed by atoms with Gasteiger partial charge in [-0.1, -0.05) is 12.1 Å². The van der Waals surface area contributed by atoms with E-state index in [9.17, 15) is 5.11 Å². The molecule has 126 valence electrons. The number of aryl methyl sites for hydroxylation is 1. The van der Waals surface area contributed by atoms with Crippen molar-refractivity contribution in [2.24, 2.45) is 0 Å². The molecule has 2 heterocycles. The van der Waals surface area contributed by atoms with Gasteiger partial charge >= 0.3 is 0 Å². The second-order valence-corrected chi connectivity index (χ2v) is 6.83. The van der Waals surface area contributed by atoms with Crippen molar-refractivity contribution in [3.63, 3.8) is 0 Å². The Hall–Kier alpha value is -2.31. The van der Waals surface area contributed by atoms with Gasteiger partial charge in [-0.3, -0.25) is 0 Å². The van der Waals surface area contributed by atoms with E-state index in [-0.39, 0.29) is 6.61 Å². The molecule has 2 N–H and O–H groups in total. The third kappa shape index (κ3) is 3.77. The first-order chi connectivity index (χ1) is 11.7. The Bertz CT molecular complexity index is 810. The van der Waals surface area contributed by atoms with Gasteiger partial charge < -0.3 is 15.2 Å². The van der Waals surface area contributed by atoms with Crippen LogP contribution in [0.5, 0.6) is 5.75 Å². The van der Waals surface area contributed by atoms with Crippen molar-refractivity contribution in [1.82, 2.24) is 9.78 Å². The Labute approximate surface area is 145 Å². The van der Waals surface area contributed by atoms with E-state index in [0.29, 0.717) is 6.54 Å². The van der Waals surface area contributed by atoms with Crippen molar-refractivity contribution in [2.75, 3.05) is 19.0 Å². The molecule has 24 heavy (non-hydrogen) atoms. The van der Waals surface area contributed by atoms with Crippen LogP contribution in [0.1, 0.15) is 9.75 Å². The van der Waals surface area contributed by atoms with Crippen LogP contribution in [0, 0.1) is 6.92 Å². The standard InChI is InChI=1S/C18H21N3O2S/c1-13-6-7-16(24-13)12-19-18-11-17(20-21(18)8-9-22)14-4-3-5-15(10-14)23-2/h3-7,10-11,19,22H,8-9,12H2,1-2H3. The smallest absolute Gasteiger partial charge is 0.125 e. The molecule has 0 spiro atoms. The molecular formula is C18H21N3O2S. The predicted octanol–water partition coefficient (Wildman–Crippen LogP) is 3.53. The van der Waals surface area contributed by atoms with Crippen molar-refractivity contribution in [3.8, 4) is 17.0 Å². The lowest BCUT2D eigenvalue weighted by Gasteiger charge is -2.07. The molecule has 0 aliphatic heterocycles. The van der Waals surface area contributed by atoms with Crippen LogP contribution in [-0.2, 0) is 13.1 Å². The molecule has 0 aliphatic rings. The largest absolute Gasteiger partial charge is 0.497 e. The van der Waals surface area contributed by atoms with Crippen LogP contribution in [0.25, 0.3) is 11.3 Å². The molecular weight excluding hydrogens is 322 g/mol. The van der Waals surface area contributed by atoms with Crippen LogP contribution >= 0.6 is 11.3 Å². The maximum atomic E-state index is 9.29. The molecule has 0 saturated heterocycles. The second-order valence-electron chi connectivity index (χ2n) is 5.46. The van der Waals surface area contributed by atoms with Crippen molar-refractivity contribution in [2.45, 2.75) is 20.0 Å². The minimum absolute atomic E-state index is 0.0476. The van der Waals surface area contributed by atoms with Gasteiger partial charge in [0.25, 0.3) is 0 Å². The number of nitrogens with zero attached hydrogens (tertiary/aromatic N) is 2. The van der Waals surface area contributed by atoms with E-state index < -0.39 is 0 Å². The lowest BCUT2D eigenvalue weighted by atomic mass is 10.1. The van der Waals surface area contributed by atoms with Gasteiger partial charge in [-0.2, -0.15) is 5.10 Å². The summed E-state index contributed by atoms with van der Waals surface area (Å²) in [6.45, 7) is 3.35. The quantitative estimate of drug-likeness (QED) is 0.689. The summed E-state index contributed by atoms with van der Waals surface area (Å²) in [7, 11) is 1.65. The Morgan fingerprint density at radius 1 is 1.25 bits per heavy atom. The second kappa shape index (κ2) is 7.51. The zero-order valence-corrected chi connectivity index (χ0v) is 14.6. The van der Waals surface area contributed by atoms with Gasteiger partial charge in [-0.15, -0.1) is 11.3 Å². The SMILES string of the molecule is COc1cccc(-c2cc(NCc3ccc(C)s3)n(CCO)n2)c1. The molecule has 0 radical (unpaired) electrons. The Kier molecular flexibility index (Phi) is 5.17. The Morgan fingerprint density at radius 2 is 2.12 bits per heavy atom. The minimum atomic E-state index is 0.0476. The van der Waals surface area contributed by atoms with Gasteiger partial charge in [0.15, 0.2) is 0 Å². The Morgan fingerprint density at radius 3 is 2.83 bits per heavy atom. The number of thiophene rings is 1. The molecule has 5 nitrogen and oxygen atoms in total. The van der Waals surface area contributed by atoms with E-state index >= 15 is 0 Å². The highest BCUT2D eigenvalue weighted by Gasteiger charge is 2.10. The lowest BCUT2D eigenvalue weighted by molar-refractivity contribution is 0.270. The number of aromatic nitrogens is 2. The van der Waals surface area contributed by atoms with Gasteiger partial charge in [0, 0.05) is 21.4 Å². The maximum Gasteiger partial charge on any atom is 0.125 e. The monoisotopic (exact) mass is 343 g/mol. The van der Waals surface area contributed by atoms with Crippen molar-refractivity contribution in [1.29, 1.82) is 0 Å². The predicted molar refractivity (Wildman–Crippen MR) is 97.7 cm³/mol. The number of nitrogens with one attached hydrogen (secondary N) is 1. The summed E-state index contributed by atoms with van der Waals surface area (Å²) in [5.74, 6) is 1.70. The van der Waals surface area contributed by atoms with E-state index in [1.54, 1.807) is 23.1 Å². The van der Waals surface area contributed by atoms with Gasteiger partial charge in [0.2, 0.25) is 0 Å². The number of benzene rings is 1. The molecule has 0 atom stereocenters. The van der Waals surface area contributed by atoms with Crippen LogP contribution in [0.2, 0.25) is 0 Å². The summed E-state index contributed by atoms with van der Waals surface area (Å²) in [5, 5.41) is 17.3. The third-order valence-electron chi connectivity index (χ3n) is 3.70. The molecule has 0 amide bonds. The first-order valence-electron chi connectivity index (χ1n) is 7.82. The van der Waals surface area contributed by atoms with E-state index in [1.165, 1.54) is 9.75 Å². The van der Waals surface area contributed by atoms with Crippen molar-refractivity contribution >= 4 is 17.2 Å². The molecule has 3 aromatic rings. The first-order valence-corrected chi connectivity index (χ1v) is 8.63. The molecule has 0 aliphatic carbocycles. The summed E-state index contributed by atoms with van der Waals surface area (Å²) in [6.07, 6.45) is 0. The fraction of sp³-hybridized carbons (Fsp3) is 0.278. The molecule has 0 unspecified atom stereocenters. The van der Waals surface area contributed by atoms with Crippen LogP contribution in [0.4, 0.5) is 5.82 Å². The normalized spacial score (nSPS) is 10.8. The first kappa shape index (κ1) is 16.5. The molecule has 2 aromatic heterocycles. The topological polar surface area (TPSA) is 59.3 Å². The Balaban J connectivity index is 1.83. The molecule has 3 rings (SSSR count). The minimum Gasteiger partial charge on any atom is -0.497 e. The number of hydrogen-bond acceptors (Lipinski definition) is 5. The number of aliphatic hydroxyl groups is 1. The summed E-state index contributed by atoms with van der Waals surface area (Å²) >= 11 is 1.78. The lowest BCUT2D eigenvalue weighted by Crippen LogP contribution is -2.09. The summed E-state index contributed by atoms with van der Waals surface area (Å²) < 4.78 is 7.08. The third-order valence-corrected chi connectivity index (χ3v) is 4.70. The maximum absolute atomic E-state index is 9.29. The number of aliphatic hydroxyl groups excluding tert-OH is 1. The average Bonchev–Trinajstić information content (AvgIpc) is 3.20. The average molecular weight is 343 g/mol. The van der Waals surface area contributed by atoms with Crippen LogP contribution in [0.15, 0.2) is 42.5 Å². The molecule has 6 heteroatoms. The highest BCUT2D eigenvalue weighted by molar-refractivity contribution is 7.11. The number of hydrogen-bond donors (Lipinski definition) is 2. The van der Waals surface area contributed by atoms with Crippen molar-refractivity contribution in [3.05, 3.63) is 52.2 Å². The number of rotatable bonds is 7. The number of anilines is 1. The highest BCUT2D eigenvalue weighted by Crippen LogP contribution is 2.26. The summed E-state index contributed by atoms with van der Waals surface area (Å²) in [5.41, 5.74) is 1.84. The van der Waals surface area contributed by atoms with Gasteiger partial charge in [-0.25, -0.2) is 4.68 Å². The van der Waals surface area contributed by atoms with Crippen LogP contribution < -0.4 is 10.1 Å². The van der Waals surface area contributed by atoms with Gasteiger partial charge in [0.05, 0.1) is 32.5 Å². The number of ether oxygens (including phenoxy) is 1. The van der Waals surface area contributed by atoms with E-state index in [2.05, 4.69) is 29.5 Å². The zero-order chi connectivity index (χ0) is 16.9. The fourth-order valence-electron chi connectivity index (χ4n) is 2.51. The van der Waals surface area contributed by atoms with Gasteiger partial charge in [0.1, 0.15) is 11.6 Å². The zero-order valence-electron chi connectivity index (χ0n) is 13.8. The van der Waals surface area contributed by atoms with E-state index in [4.69, 9.17) is 4.74 Å². The molecule has 0 fully saturated rings. The molecule has 1 aromatic carbocycles. The van der Waals surface area contributed by atoms with Gasteiger partial charge in [-0.05, 0) is 31.2 Å². The van der Waals surface area contributed by atoms with Crippen molar-refractivity contribution < 1.29 is 9.84 Å².